The molecular formula is C26H40O7S. The second-order valence-corrected chi connectivity index (χ2v) is 10.2. The first-order valence-corrected chi connectivity index (χ1v) is 13.9. The first-order chi connectivity index (χ1) is 16.3. The van der Waals surface area contributed by atoms with E-state index in [1.807, 2.05) is 0 Å². The number of aliphatic hydroxyl groups is 2. The van der Waals surface area contributed by atoms with Gasteiger partial charge in [-0.15, -0.1) is 0 Å². The number of hydrogen-bond donors (Lipinski definition) is 3. The maximum absolute atomic E-state index is 12.2. The molecule has 0 amide bonds. The average molecular weight is 497 g/mol. The van der Waals surface area contributed by atoms with E-state index in [2.05, 4.69) is 13.8 Å². The maximum Gasteiger partial charge on any atom is 0.298 e. The fourth-order valence-electron chi connectivity index (χ4n) is 3.88. The average Bonchev–Trinajstić information content (AvgIpc) is 2.80. The fraction of sp³-hybridized carbons (Fsp3) is 0.615. The molecule has 0 heterocycles. The second kappa shape index (κ2) is 14.5. The molecule has 2 unspecified atom stereocenters. The highest BCUT2D eigenvalue weighted by Gasteiger charge is 2.22. The van der Waals surface area contributed by atoms with Crippen molar-refractivity contribution in [1.29, 1.82) is 0 Å². The molecule has 2 aromatic rings. The lowest BCUT2D eigenvalue weighted by molar-refractivity contribution is 0.0960. The van der Waals surface area contributed by atoms with Crippen molar-refractivity contribution in [2.45, 2.75) is 95.2 Å². The van der Waals surface area contributed by atoms with Gasteiger partial charge < -0.3 is 19.7 Å². The molecule has 0 saturated heterocycles. The molecule has 0 aliphatic heterocycles. The Morgan fingerprint density at radius 3 is 1.91 bits per heavy atom. The number of benzene rings is 2. The van der Waals surface area contributed by atoms with Gasteiger partial charge in [0.25, 0.3) is 10.1 Å². The van der Waals surface area contributed by atoms with Gasteiger partial charge in [-0.3, -0.25) is 4.55 Å². The molecule has 192 valence electrons. The summed E-state index contributed by atoms with van der Waals surface area (Å²) >= 11 is 0. The van der Waals surface area contributed by atoms with E-state index >= 15 is 0 Å². The summed E-state index contributed by atoms with van der Waals surface area (Å²) < 4.78 is 45.7. The Bertz CT molecular complexity index is 969. The number of aliphatic hydroxyl groups excluding tert-OH is 2. The van der Waals surface area contributed by atoms with Crippen LogP contribution in [0.25, 0.3) is 10.8 Å². The fourth-order valence-corrected chi connectivity index (χ4v) is 4.72. The van der Waals surface area contributed by atoms with Crippen LogP contribution in [0.15, 0.2) is 35.2 Å². The Hall–Kier alpha value is -1.87. The van der Waals surface area contributed by atoms with Crippen molar-refractivity contribution in [2.75, 3.05) is 13.2 Å². The number of rotatable bonds is 17. The van der Waals surface area contributed by atoms with Gasteiger partial charge in [0.15, 0.2) is 0 Å². The molecule has 8 heteroatoms. The molecule has 0 aromatic heterocycles. The molecule has 7 nitrogen and oxygen atoms in total. The summed E-state index contributed by atoms with van der Waals surface area (Å²) in [7, 11) is -4.61. The molecule has 0 aliphatic rings. The summed E-state index contributed by atoms with van der Waals surface area (Å²) in [6, 6.07) is 8.09. The normalized spacial score (nSPS) is 13.7. The Morgan fingerprint density at radius 2 is 1.35 bits per heavy atom. The molecule has 34 heavy (non-hydrogen) atoms. The molecule has 0 fully saturated rings. The van der Waals surface area contributed by atoms with Gasteiger partial charge in [-0.1, -0.05) is 77.3 Å². The van der Waals surface area contributed by atoms with Crippen LogP contribution in [0.4, 0.5) is 0 Å². The topological polar surface area (TPSA) is 113 Å². The number of ether oxygens (including phenoxy) is 2. The van der Waals surface area contributed by atoms with Crippen LogP contribution in [0.3, 0.4) is 0 Å². The predicted molar refractivity (Wildman–Crippen MR) is 134 cm³/mol. The lowest BCUT2D eigenvalue weighted by Crippen LogP contribution is -2.18. The van der Waals surface area contributed by atoms with Crippen LogP contribution in [0, 0.1) is 0 Å². The molecule has 0 radical (unpaired) electrons. The Morgan fingerprint density at radius 1 is 0.794 bits per heavy atom. The van der Waals surface area contributed by atoms with Crippen LogP contribution < -0.4 is 9.47 Å². The molecule has 0 aliphatic carbocycles. The smallest absolute Gasteiger partial charge is 0.298 e. The van der Waals surface area contributed by atoms with Crippen LogP contribution >= 0.6 is 0 Å². The van der Waals surface area contributed by atoms with Crippen molar-refractivity contribution in [1.82, 2.24) is 0 Å². The van der Waals surface area contributed by atoms with E-state index in [0.29, 0.717) is 24.0 Å². The van der Waals surface area contributed by atoms with E-state index < -0.39 is 22.3 Å². The van der Waals surface area contributed by atoms with Crippen LogP contribution in [0.1, 0.15) is 78.1 Å². The van der Waals surface area contributed by atoms with E-state index in [1.54, 1.807) is 18.2 Å². The third-order valence-corrected chi connectivity index (χ3v) is 6.76. The molecule has 2 rings (SSSR count). The Labute approximate surface area is 203 Å². The highest BCUT2D eigenvalue weighted by Crippen LogP contribution is 2.34. The monoisotopic (exact) mass is 496 g/mol. The second-order valence-electron chi connectivity index (χ2n) is 8.88. The van der Waals surface area contributed by atoms with Crippen molar-refractivity contribution in [3.63, 3.8) is 0 Å². The van der Waals surface area contributed by atoms with Crippen LogP contribution in [0.5, 0.6) is 11.5 Å². The molecule has 2 aromatic carbocycles. The van der Waals surface area contributed by atoms with Crippen molar-refractivity contribution in [3.05, 3.63) is 30.3 Å². The molecule has 0 bridgehead atoms. The summed E-state index contributed by atoms with van der Waals surface area (Å²) in [5.74, 6) is 0.369. The van der Waals surface area contributed by atoms with Crippen molar-refractivity contribution in [2.24, 2.45) is 0 Å². The minimum atomic E-state index is -4.61. The number of fused-ring (bicyclic) bond motifs is 1. The van der Waals surface area contributed by atoms with E-state index in [-0.39, 0.29) is 29.2 Å². The summed E-state index contributed by atoms with van der Waals surface area (Å²) in [6.07, 6.45) is 8.22. The minimum absolute atomic E-state index is 0.0179. The van der Waals surface area contributed by atoms with Crippen LogP contribution in [-0.4, -0.2) is 48.6 Å². The molecule has 0 spiro atoms. The maximum atomic E-state index is 12.2. The van der Waals surface area contributed by atoms with Crippen molar-refractivity contribution < 1.29 is 32.7 Å². The highest BCUT2D eigenvalue weighted by atomic mass is 32.2. The van der Waals surface area contributed by atoms with Crippen molar-refractivity contribution >= 4 is 20.9 Å². The molecular weight excluding hydrogens is 456 g/mol. The van der Waals surface area contributed by atoms with Crippen LogP contribution in [0.2, 0.25) is 0 Å². The van der Waals surface area contributed by atoms with Crippen molar-refractivity contribution in [3.8, 4) is 11.5 Å². The Balaban J connectivity index is 2.12. The van der Waals surface area contributed by atoms with Gasteiger partial charge in [0.2, 0.25) is 0 Å². The van der Waals surface area contributed by atoms with Gasteiger partial charge in [0, 0.05) is 5.39 Å². The summed E-state index contributed by atoms with van der Waals surface area (Å²) in [6.45, 7) is 4.27. The first-order valence-electron chi connectivity index (χ1n) is 12.4. The first kappa shape index (κ1) is 28.4. The van der Waals surface area contributed by atoms with Gasteiger partial charge in [-0.2, -0.15) is 8.42 Å². The standard InChI is InChI=1S/C26H40O7S/c1-3-5-7-9-11-21(27)18-32-23-15-13-20-14-16-25(26(24(20)17-23)34(29,30)31)33-19-22(28)12-10-8-6-4-2/h13-17,21-22,27-28H,3-12,18-19H2,1-2H3,(H,29,30,31). The zero-order valence-corrected chi connectivity index (χ0v) is 21.2. The lowest BCUT2D eigenvalue weighted by atomic mass is 10.1. The zero-order chi connectivity index (χ0) is 25.0. The SMILES string of the molecule is CCCCCCC(O)COc1ccc2ccc(OCC(O)CCCCCC)c(S(=O)(=O)O)c2c1. The number of hydrogen-bond acceptors (Lipinski definition) is 6. The van der Waals surface area contributed by atoms with Gasteiger partial charge in [0.1, 0.15) is 29.6 Å². The third-order valence-electron chi connectivity index (χ3n) is 5.82. The van der Waals surface area contributed by atoms with E-state index in [0.717, 1.165) is 51.4 Å². The Kier molecular flexibility index (Phi) is 12.1. The largest absolute Gasteiger partial charge is 0.491 e. The number of unbranched alkanes of at least 4 members (excludes halogenated alkanes) is 6. The van der Waals surface area contributed by atoms with Gasteiger partial charge in [-0.05, 0) is 36.4 Å². The molecule has 0 saturated carbocycles. The quantitative estimate of drug-likeness (QED) is 0.196. The predicted octanol–water partition coefficient (Wildman–Crippen LogP) is 5.51. The minimum Gasteiger partial charge on any atom is -0.491 e. The molecule has 3 N–H and O–H groups in total. The third kappa shape index (κ3) is 9.41. The van der Waals surface area contributed by atoms with Gasteiger partial charge in [0.05, 0.1) is 12.2 Å². The summed E-state index contributed by atoms with van der Waals surface area (Å²) in [4.78, 5) is -0.353. The van der Waals surface area contributed by atoms with Gasteiger partial charge in [-0.25, -0.2) is 0 Å². The van der Waals surface area contributed by atoms with Crippen LogP contribution in [-0.2, 0) is 10.1 Å². The highest BCUT2D eigenvalue weighted by molar-refractivity contribution is 7.86. The molecule has 2 atom stereocenters. The van der Waals surface area contributed by atoms with E-state index in [9.17, 15) is 23.2 Å². The van der Waals surface area contributed by atoms with E-state index in [1.165, 1.54) is 12.1 Å². The summed E-state index contributed by atoms with van der Waals surface area (Å²) in [5.41, 5.74) is 0. The zero-order valence-electron chi connectivity index (χ0n) is 20.4. The van der Waals surface area contributed by atoms with E-state index in [4.69, 9.17) is 9.47 Å². The lowest BCUT2D eigenvalue weighted by Gasteiger charge is -2.16. The van der Waals surface area contributed by atoms with Gasteiger partial charge >= 0.3 is 0 Å². The summed E-state index contributed by atoms with van der Waals surface area (Å²) in [5, 5.41) is 21.2.